The summed E-state index contributed by atoms with van der Waals surface area (Å²) in [5.74, 6) is 0.877. The number of amides is 2. The Morgan fingerprint density at radius 3 is 2.88 bits per heavy atom. The van der Waals surface area contributed by atoms with Crippen molar-refractivity contribution in [2.75, 3.05) is 18.4 Å². The number of halogens is 1. The molecule has 2 heterocycles. The van der Waals surface area contributed by atoms with Crippen LogP contribution in [0.25, 0.3) is 0 Å². The van der Waals surface area contributed by atoms with Gasteiger partial charge < -0.3 is 10.2 Å². The van der Waals surface area contributed by atoms with Crippen molar-refractivity contribution in [3.63, 3.8) is 0 Å². The van der Waals surface area contributed by atoms with Crippen molar-refractivity contribution in [1.82, 2.24) is 15.1 Å². The summed E-state index contributed by atoms with van der Waals surface area (Å²) in [6, 6.07) is 7.70. The van der Waals surface area contributed by atoms with Crippen LogP contribution in [-0.4, -0.2) is 40.0 Å². The maximum absolute atomic E-state index is 12.8. The number of aromatic amines is 1. The topological polar surface area (TPSA) is 78.1 Å². The highest BCUT2D eigenvalue weighted by molar-refractivity contribution is 9.10. The predicted octanol–water partition coefficient (Wildman–Crippen LogP) is 3.18. The van der Waals surface area contributed by atoms with E-state index in [2.05, 4.69) is 37.5 Å². The Bertz CT molecular complexity index is 914. The third-order valence-corrected chi connectivity index (χ3v) is 6.11. The van der Waals surface area contributed by atoms with Crippen molar-refractivity contribution in [2.45, 2.75) is 37.0 Å². The molecule has 3 aliphatic rings. The van der Waals surface area contributed by atoms with Gasteiger partial charge in [-0.25, -0.2) is 0 Å². The quantitative estimate of drug-likeness (QED) is 0.806. The lowest BCUT2D eigenvalue weighted by Crippen LogP contribution is -2.46. The molecule has 5 rings (SSSR count). The van der Waals surface area contributed by atoms with Gasteiger partial charge in [0, 0.05) is 34.0 Å². The highest BCUT2D eigenvalue weighted by atomic mass is 79.9. The van der Waals surface area contributed by atoms with E-state index in [0.717, 1.165) is 47.0 Å². The zero-order chi connectivity index (χ0) is 17.9. The summed E-state index contributed by atoms with van der Waals surface area (Å²) in [5, 5.41) is 9.94. The molecule has 2 aliphatic carbocycles. The van der Waals surface area contributed by atoms with Gasteiger partial charge in [-0.15, -0.1) is 0 Å². The van der Waals surface area contributed by atoms with Crippen molar-refractivity contribution in [3.05, 3.63) is 45.6 Å². The fraction of sp³-hybridized carbons (Fsp3) is 0.421. The number of rotatable bonds is 4. The molecule has 0 saturated heterocycles. The van der Waals surface area contributed by atoms with Crippen LogP contribution in [0.2, 0.25) is 0 Å². The number of benzene rings is 1. The van der Waals surface area contributed by atoms with Crippen LogP contribution in [0.3, 0.4) is 0 Å². The molecule has 1 spiro atoms. The fourth-order valence-corrected chi connectivity index (χ4v) is 4.25. The maximum Gasteiger partial charge on any atom is 0.254 e. The van der Waals surface area contributed by atoms with Gasteiger partial charge in [0.05, 0.1) is 5.69 Å². The molecule has 1 aromatic carbocycles. The largest absolute Gasteiger partial charge is 0.328 e. The number of aromatic nitrogens is 2. The van der Waals surface area contributed by atoms with E-state index >= 15 is 0 Å². The Morgan fingerprint density at radius 2 is 2.15 bits per heavy atom. The first-order chi connectivity index (χ1) is 12.5. The molecule has 0 radical (unpaired) electrons. The van der Waals surface area contributed by atoms with E-state index in [1.54, 1.807) is 4.90 Å². The Labute approximate surface area is 159 Å². The summed E-state index contributed by atoms with van der Waals surface area (Å²) in [4.78, 5) is 27.0. The van der Waals surface area contributed by atoms with Crippen LogP contribution in [0.15, 0.2) is 28.7 Å². The van der Waals surface area contributed by atoms with Crippen LogP contribution in [0.1, 0.15) is 53.2 Å². The van der Waals surface area contributed by atoms with Gasteiger partial charge in [0.2, 0.25) is 5.91 Å². The Balaban J connectivity index is 1.31. The molecule has 7 heteroatoms. The smallest absolute Gasteiger partial charge is 0.254 e. The molecular weight excluding hydrogens is 396 g/mol. The molecule has 2 amide bonds. The highest BCUT2D eigenvalue weighted by Crippen LogP contribution is 2.52. The van der Waals surface area contributed by atoms with Gasteiger partial charge in [0.15, 0.2) is 0 Å². The lowest BCUT2D eigenvalue weighted by atomic mass is 9.86. The monoisotopic (exact) mass is 414 g/mol. The van der Waals surface area contributed by atoms with E-state index in [9.17, 15) is 9.59 Å². The third-order valence-electron chi connectivity index (χ3n) is 5.62. The molecule has 2 fully saturated rings. The Hall–Kier alpha value is -2.15. The number of fused-ring (bicyclic) bond motifs is 2. The second-order valence-electron chi connectivity index (χ2n) is 7.66. The van der Waals surface area contributed by atoms with Crippen LogP contribution >= 0.6 is 15.9 Å². The van der Waals surface area contributed by atoms with Crippen molar-refractivity contribution >= 4 is 33.6 Å². The number of carbonyl (C=O) groups excluding carboxylic acids is 2. The minimum Gasteiger partial charge on any atom is -0.328 e. The first-order valence-corrected chi connectivity index (χ1v) is 9.78. The number of carbonyl (C=O) groups is 2. The average Bonchev–Trinajstić information content (AvgIpc) is 3.53. The van der Waals surface area contributed by atoms with Gasteiger partial charge in [0.25, 0.3) is 5.91 Å². The Kier molecular flexibility index (Phi) is 3.50. The van der Waals surface area contributed by atoms with E-state index in [0.29, 0.717) is 18.3 Å². The summed E-state index contributed by atoms with van der Waals surface area (Å²) in [6.07, 6.45) is 4.45. The molecule has 26 heavy (non-hydrogen) atoms. The van der Waals surface area contributed by atoms with E-state index < -0.39 is 0 Å². The van der Waals surface area contributed by atoms with Crippen LogP contribution in [0.4, 0.5) is 5.82 Å². The van der Waals surface area contributed by atoms with E-state index in [4.69, 9.17) is 0 Å². The summed E-state index contributed by atoms with van der Waals surface area (Å²) in [6.45, 7) is 0.673. The molecule has 134 valence electrons. The van der Waals surface area contributed by atoms with Gasteiger partial charge in [-0.2, -0.15) is 5.10 Å². The van der Waals surface area contributed by atoms with Crippen LogP contribution in [0.5, 0.6) is 0 Å². The van der Waals surface area contributed by atoms with Crippen molar-refractivity contribution < 1.29 is 9.59 Å². The predicted molar refractivity (Wildman–Crippen MR) is 100 cm³/mol. The average molecular weight is 415 g/mol. The zero-order valence-electron chi connectivity index (χ0n) is 14.2. The van der Waals surface area contributed by atoms with E-state index in [-0.39, 0.29) is 23.8 Å². The van der Waals surface area contributed by atoms with Crippen LogP contribution < -0.4 is 5.32 Å². The van der Waals surface area contributed by atoms with Crippen LogP contribution in [-0.2, 0) is 10.2 Å². The summed E-state index contributed by atoms with van der Waals surface area (Å²) >= 11 is 3.50. The number of H-pyrrole nitrogens is 1. The molecule has 6 nitrogen and oxygen atoms in total. The molecule has 0 atom stereocenters. The SMILES string of the molecule is O=C(CN1CC2(CC2)c2cc(Br)ccc2C1=O)Nc1cc(C2CC2)n[nH]1. The minimum absolute atomic E-state index is 0.0282. The van der Waals surface area contributed by atoms with Gasteiger partial charge >= 0.3 is 0 Å². The summed E-state index contributed by atoms with van der Waals surface area (Å²) in [5.41, 5.74) is 2.88. The van der Waals surface area contributed by atoms with Crippen molar-refractivity contribution in [1.29, 1.82) is 0 Å². The van der Waals surface area contributed by atoms with E-state index in [1.165, 1.54) is 0 Å². The molecular formula is C19H19BrN4O2. The lowest BCUT2D eigenvalue weighted by Gasteiger charge is -2.34. The Morgan fingerprint density at radius 1 is 1.35 bits per heavy atom. The molecule has 0 bridgehead atoms. The van der Waals surface area contributed by atoms with Gasteiger partial charge in [-0.1, -0.05) is 15.9 Å². The molecule has 2 aromatic rings. The standard InChI is InChI=1S/C19H19BrN4O2/c20-12-3-4-13-14(7-12)19(5-6-19)10-24(18(13)26)9-17(25)21-16-8-15(22-23-16)11-1-2-11/h3-4,7-8,11H,1-2,5-6,9-10H2,(H2,21,22,23,25). The summed E-state index contributed by atoms with van der Waals surface area (Å²) in [7, 11) is 0. The normalized spacial score (nSPS) is 20.2. The fourth-order valence-electron chi connectivity index (χ4n) is 3.89. The molecule has 1 aliphatic heterocycles. The molecule has 1 aromatic heterocycles. The molecule has 0 unspecified atom stereocenters. The number of hydrogen-bond donors (Lipinski definition) is 2. The second-order valence-corrected chi connectivity index (χ2v) is 8.58. The number of nitrogens with one attached hydrogen (secondary N) is 2. The van der Waals surface area contributed by atoms with Gasteiger partial charge in [-0.3, -0.25) is 14.7 Å². The van der Waals surface area contributed by atoms with Crippen molar-refractivity contribution in [3.8, 4) is 0 Å². The minimum atomic E-state index is -0.194. The second kappa shape index (κ2) is 5.67. The van der Waals surface area contributed by atoms with Gasteiger partial charge in [-0.05, 0) is 49.4 Å². The third kappa shape index (κ3) is 2.74. The first kappa shape index (κ1) is 16.1. The summed E-state index contributed by atoms with van der Waals surface area (Å²) < 4.78 is 0.993. The molecule has 2 saturated carbocycles. The molecule has 2 N–H and O–H groups in total. The number of nitrogens with zero attached hydrogens (tertiary/aromatic N) is 2. The van der Waals surface area contributed by atoms with Crippen molar-refractivity contribution in [2.24, 2.45) is 0 Å². The van der Waals surface area contributed by atoms with Crippen LogP contribution in [0, 0.1) is 0 Å². The number of anilines is 1. The lowest BCUT2D eigenvalue weighted by molar-refractivity contribution is -0.117. The maximum atomic E-state index is 12.8. The van der Waals surface area contributed by atoms with E-state index in [1.807, 2.05) is 18.2 Å². The zero-order valence-corrected chi connectivity index (χ0v) is 15.8. The number of hydrogen-bond acceptors (Lipinski definition) is 3. The van der Waals surface area contributed by atoms with Gasteiger partial charge in [0.1, 0.15) is 12.4 Å². The first-order valence-electron chi connectivity index (χ1n) is 8.99. The highest BCUT2D eigenvalue weighted by Gasteiger charge is 2.51.